The first-order valence-electron chi connectivity index (χ1n) is 13.4. The predicted octanol–water partition coefficient (Wildman–Crippen LogP) is 5.51. The minimum atomic E-state index is -0.816. The van der Waals surface area contributed by atoms with Gasteiger partial charge in [-0.1, -0.05) is 47.7 Å². The molecule has 7 heteroatoms. The first-order chi connectivity index (χ1) is 18.3. The number of carbonyl (C=O) groups is 1. The largest absolute Gasteiger partial charge is 0.486 e. The highest BCUT2D eigenvalue weighted by molar-refractivity contribution is 5.80. The number of hydrogen-bond acceptors (Lipinski definition) is 5. The summed E-state index contributed by atoms with van der Waals surface area (Å²) < 4.78 is 8.32. The molecule has 196 valence electrons. The van der Waals surface area contributed by atoms with Crippen LogP contribution in [0.5, 0.6) is 5.75 Å². The van der Waals surface area contributed by atoms with Crippen molar-refractivity contribution in [3.63, 3.8) is 0 Å². The topological polar surface area (TPSA) is 80.5 Å². The van der Waals surface area contributed by atoms with Crippen LogP contribution in [-0.2, 0) is 24.9 Å². The number of hydrogen-bond donors (Lipinski definition) is 1. The van der Waals surface area contributed by atoms with Gasteiger partial charge in [-0.3, -0.25) is 9.69 Å². The molecule has 1 aliphatic heterocycles. The second-order valence-corrected chi connectivity index (χ2v) is 11.1. The van der Waals surface area contributed by atoms with Gasteiger partial charge in [0.1, 0.15) is 16.9 Å². The zero-order valence-corrected chi connectivity index (χ0v) is 22.3. The molecule has 7 nitrogen and oxygen atoms in total. The Bertz CT molecular complexity index is 1520. The Labute approximate surface area is 223 Å². The smallest absolute Gasteiger partial charge is 0.304 e. The van der Waals surface area contributed by atoms with Gasteiger partial charge >= 0.3 is 5.97 Å². The third-order valence-electron chi connectivity index (χ3n) is 8.47. The number of aryl methyl sites for hydroxylation is 3. The molecule has 2 heterocycles. The molecule has 2 aliphatic rings. The van der Waals surface area contributed by atoms with Crippen molar-refractivity contribution in [3.8, 4) is 5.75 Å². The van der Waals surface area contributed by atoms with E-state index in [4.69, 9.17) is 4.74 Å². The molecular weight excluding hydrogens is 476 g/mol. The number of carboxylic acid groups (broad SMARTS) is 1. The summed E-state index contributed by atoms with van der Waals surface area (Å²) in [6.07, 6.45) is 3.39. The lowest BCUT2D eigenvalue weighted by Gasteiger charge is -2.43. The average molecular weight is 511 g/mol. The van der Waals surface area contributed by atoms with E-state index in [1.807, 2.05) is 26.1 Å². The molecule has 0 saturated heterocycles. The van der Waals surface area contributed by atoms with Gasteiger partial charge in [0.05, 0.1) is 11.9 Å². The van der Waals surface area contributed by atoms with E-state index < -0.39 is 5.97 Å². The van der Waals surface area contributed by atoms with Crippen molar-refractivity contribution in [2.75, 3.05) is 6.54 Å². The number of aromatic nitrogens is 3. The molecule has 1 unspecified atom stereocenters. The Morgan fingerprint density at radius 2 is 1.95 bits per heavy atom. The van der Waals surface area contributed by atoms with Crippen molar-refractivity contribution >= 4 is 17.0 Å². The van der Waals surface area contributed by atoms with E-state index in [0.29, 0.717) is 0 Å². The van der Waals surface area contributed by atoms with Crippen LogP contribution in [0.4, 0.5) is 0 Å². The molecule has 1 spiro atoms. The van der Waals surface area contributed by atoms with Crippen LogP contribution in [0, 0.1) is 13.8 Å². The summed E-state index contributed by atoms with van der Waals surface area (Å²) in [6, 6.07) is 18.9. The zero-order chi connectivity index (χ0) is 26.4. The van der Waals surface area contributed by atoms with E-state index in [1.54, 1.807) is 4.68 Å². The fourth-order valence-electron chi connectivity index (χ4n) is 6.17. The number of nitrogens with zero attached hydrogens (tertiary/aromatic N) is 4. The summed E-state index contributed by atoms with van der Waals surface area (Å²) in [6.45, 7) is 6.68. The minimum absolute atomic E-state index is 0.0170. The average Bonchev–Trinajstić information content (AvgIpc) is 3.15. The van der Waals surface area contributed by atoms with Crippen LogP contribution in [0.15, 0.2) is 54.6 Å². The number of rotatable bonds is 6. The molecule has 0 radical (unpaired) electrons. The van der Waals surface area contributed by atoms with Gasteiger partial charge < -0.3 is 9.84 Å². The Morgan fingerprint density at radius 1 is 1.13 bits per heavy atom. The van der Waals surface area contributed by atoms with Crippen LogP contribution in [0.1, 0.15) is 65.0 Å². The Morgan fingerprint density at radius 3 is 2.71 bits per heavy atom. The van der Waals surface area contributed by atoms with Crippen molar-refractivity contribution in [2.45, 2.75) is 64.1 Å². The molecule has 0 amide bonds. The molecule has 38 heavy (non-hydrogen) atoms. The maximum absolute atomic E-state index is 12.0. The molecule has 1 saturated carbocycles. The Hall–Kier alpha value is -3.71. The van der Waals surface area contributed by atoms with Crippen LogP contribution in [0.25, 0.3) is 11.0 Å². The lowest BCUT2D eigenvalue weighted by molar-refractivity contribution is -0.137. The first kappa shape index (κ1) is 24.6. The van der Waals surface area contributed by atoms with E-state index >= 15 is 0 Å². The summed E-state index contributed by atoms with van der Waals surface area (Å²) in [5.74, 6) is -0.0787. The van der Waals surface area contributed by atoms with Crippen LogP contribution >= 0.6 is 0 Å². The van der Waals surface area contributed by atoms with E-state index in [1.165, 1.54) is 23.1 Å². The summed E-state index contributed by atoms with van der Waals surface area (Å²) in [7, 11) is 1.87. The highest BCUT2D eigenvalue weighted by Gasteiger charge is 2.43. The summed E-state index contributed by atoms with van der Waals surface area (Å²) in [5, 5.41) is 18.4. The fourth-order valence-corrected chi connectivity index (χ4v) is 6.17. The monoisotopic (exact) mass is 510 g/mol. The maximum atomic E-state index is 12.0. The van der Waals surface area contributed by atoms with Gasteiger partial charge in [0.25, 0.3) is 0 Å². The summed E-state index contributed by atoms with van der Waals surface area (Å²) in [5.41, 5.74) is 8.31. The van der Waals surface area contributed by atoms with E-state index in [9.17, 15) is 9.90 Å². The summed E-state index contributed by atoms with van der Waals surface area (Å²) in [4.78, 5) is 14.5. The quantitative estimate of drug-likeness (QED) is 0.369. The number of fused-ring (bicyclic) bond motifs is 2. The second-order valence-electron chi connectivity index (χ2n) is 11.1. The number of para-hydroxylation sites is 1. The molecule has 1 fully saturated rings. The SMILES string of the molecule is Cc1ccc(C(CC(=O)O)c2ccc3c(nnn3C)c2C)cc1CN1Cc2ccccc2OC2(CCC2)C1. The number of carboxylic acids is 1. The Kier molecular flexibility index (Phi) is 6.19. The van der Waals surface area contributed by atoms with Gasteiger partial charge in [-0.15, -0.1) is 5.10 Å². The first-order valence-corrected chi connectivity index (χ1v) is 13.4. The molecule has 1 N–H and O–H groups in total. The molecule has 6 rings (SSSR count). The standard InChI is InChI=1S/C31H34N4O3/c1-20-9-10-22(26(16-29(36)37)25-11-12-27-30(21(25)2)32-33-34(27)3)15-24(20)18-35-17-23-7-4-5-8-28(23)38-31(19-35)13-6-14-31/h4-5,7-12,15,26H,6,13-14,16-19H2,1-3H3,(H,36,37). The van der Waals surface area contributed by atoms with Gasteiger partial charge in [0.2, 0.25) is 0 Å². The van der Waals surface area contributed by atoms with Crippen LogP contribution in [0.3, 0.4) is 0 Å². The van der Waals surface area contributed by atoms with Gasteiger partial charge in [-0.2, -0.15) is 0 Å². The summed E-state index contributed by atoms with van der Waals surface area (Å²) >= 11 is 0. The maximum Gasteiger partial charge on any atom is 0.304 e. The highest BCUT2D eigenvalue weighted by Crippen LogP contribution is 2.42. The van der Waals surface area contributed by atoms with Gasteiger partial charge in [0.15, 0.2) is 0 Å². The number of ether oxygens (including phenoxy) is 1. The molecule has 4 aromatic rings. The van der Waals surface area contributed by atoms with Crippen LogP contribution < -0.4 is 4.74 Å². The Balaban J connectivity index is 1.35. The van der Waals surface area contributed by atoms with Crippen molar-refractivity contribution in [2.24, 2.45) is 7.05 Å². The highest BCUT2D eigenvalue weighted by atomic mass is 16.5. The number of benzene rings is 3. The molecular formula is C31H34N4O3. The third kappa shape index (κ3) is 4.45. The van der Waals surface area contributed by atoms with Gasteiger partial charge in [0, 0.05) is 38.2 Å². The minimum Gasteiger partial charge on any atom is -0.486 e. The second kappa shape index (κ2) is 9.55. The molecule has 3 aromatic carbocycles. The van der Waals surface area contributed by atoms with Crippen molar-refractivity contribution in [1.29, 1.82) is 0 Å². The molecule has 0 bridgehead atoms. The molecule has 1 aliphatic carbocycles. The van der Waals surface area contributed by atoms with Crippen LogP contribution in [-0.4, -0.2) is 43.1 Å². The lowest BCUT2D eigenvalue weighted by Crippen LogP contribution is -2.50. The van der Waals surface area contributed by atoms with E-state index in [2.05, 4.69) is 64.6 Å². The van der Waals surface area contributed by atoms with Gasteiger partial charge in [-0.05, 0) is 73.1 Å². The lowest BCUT2D eigenvalue weighted by atomic mass is 9.79. The van der Waals surface area contributed by atoms with E-state index in [-0.39, 0.29) is 17.9 Å². The normalized spacial score (nSPS) is 17.4. The van der Waals surface area contributed by atoms with Crippen molar-refractivity contribution in [1.82, 2.24) is 19.9 Å². The van der Waals surface area contributed by atoms with E-state index in [0.717, 1.165) is 65.9 Å². The fraction of sp³-hybridized carbons (Fsp3) is 0.387. The zero-order valence-electron chi connectivity index (χ0n) is 22.3. The molecule has 1 aromatic heterocycles. The number of aliphatic carboxylic acids is 1. The van der Waals surface area contributed by atoms with Crippen LogP contribution in [0.2, 0.25) is 0 Å². The predicted molar refractivity (Wildman–Crippen MR) is 146 cm³/mol. The van der Waals surface area contributed by atoms with Gasteiger partial charge in [-0.25, -0.2) is 4.68 Å². The third-order valence-corrected chi connectivity index (χ3v) is 8.47. The molecule has 1 atom stereocenters. The van der Waals surface area contributed by atoms with Crippen molar-refractivity contribution in [3.05, 3.63) is 88.0 Å². The van der Waals surface area contributed by atoms with Crippen molar-refractivity contribution < 1.29 is 14.6 Å².